The monoisotopic (exact) mass is 238 g/mol. The average molecular weight is 238 g/mol. The Morgan fingerprint density at radius 3 is 2.50 bits per heavy atom. The molecule has 96 valence electrons. The molecule has 0 amide bonds. The van der Waals surface area contributed by atoms with E-state index in [0.29, 0.717) is 25.8 Å². The molecular weight excluding hydrogens is 218 g/mol. The number of unbranched alkanes of at least 4 members (excludes halogenated alkanes) is 1. The average Bonchev–Trinajstić information content (AvgIpc) is 2.11. The van der Waals surface area contributed by atoms with E-state index in [1.165, 1.54) is 11.8 Å². The van der Waals surface area contributed by atoms with Crippen LogP contribution >= 0.6 is 0 Å². The minimum Gasteiger partial charge on any atom is -0.480 e. The minimum atomic E-state index is -2.33. The summed E-state index contributed by atoms with van der Waals surface area (Å²) in [7, 11) is 1.62. The van der Waals surface area contributed by atoms with Gasteiger partial charge in [-0.1, -0.05) is 0 Å². The Morgan fingerprint density at radius 2 is 2.06 bits per heavy atom. The van der Waals surface area contributed by atoms with E-state index in [2.05, 4.69) is 0 Å². The first-order valence-electron chi connectivity index (χ1n) is 5.24. The number of nitrogens with two attached hydrogens (primary N) is 1. The van der Waals surface area contributed by atoms with E-state index in [1.807, 2.05) is 0 Å². The number of alkyl halides is 2. The first-order chi connectivity index (χ1) is 7.25. The van der Waals surface area contributed by atoms with Gasteiger partial charge in [0.05, 0.1) is 6.54 Å². The molecule has 0 bridgehead atoms. The summed E-state index contributed by atoms with van der Waals surface area (Å²) in [5.41, 5.74) is 4.30. The molecule has 0 aliphatic rings. The van der Waals surface area contributed by atoms with Crippen LogP contribution in [0.15, 0.2) is 0 Å². The molecule has 0 saturated heterocycles. The van der Waals surface area contributed by atoms with Crippen LogP contribution in [0.1, 0.15) is 26.2 Å². The standard InChI is InChI=1S/C10H20F2N2O2/c1-10(13,9(15)16)5-3-4-6-14(2)7-8(11)12/h8H,3-7,13H2,1-2H3,(H,15,16). The molecule has 0 rings (SSSR count). The van der Waals surface area contributed by atoms with Crippen molar-refractivity contribution in [1.82, 2.24) is 4.90 Å². The van der Waals surface area contributed by atoms with Gasteiger partial charge in [0.1, 0.15) is 5.54 Å². The van der Waals surface area contributed by atoms with Gasteiger partial charge in [0.2, 0.25) is 0 Å². The van der Waals surface area contributed by atoms with Gasteiger partial charge in [-0.3, -0.25) is 4.79 Å². The van der Waals surface area contributed by atoms with Crippen LogP contribution in [-0.4, -0.2) is 48.1 Å². The molecule has 0 fully saturated rings. The van der Waals surface area contributed by atoms with Crippen molar-refractivity contribution in [2.24, 2.45) is 5.73 Å². The summed E-state index contributed by atoms with van der Waals surface area (Å²) >= 11 is 0. The van der Waals surface area contributed by atoms with Crippen LogP contribution in [0.25, 0.3) is 0 Å². The molecule has 0 aromatic rings. The summed E-state index contributed by atoms with van der Waals surface area (Å²) in [6, 6.07) is 0. The zero-order valence-electron chi connectivity index (χ0n) is 9.75. The van der Waals surface area contributed by atoms with Gasteiger partial charge in [-0.2, -0.15) is 0 Å². The fourth-order valence-electron chi connectivity index (χ4n) is 1.31. The zero-order valence-corrected chi connectivity index (χ0v) is 9.75. The van der Waals surface area contributed by atoms with Crippen molar-refractivity contribution in [3.63, 3.8) is 0 Å². The molecule has 6 heteroatoms. The minimum absolute atomic E-state index is 0.251. The SMILES string of the molecule is CN(CCCCC(C)(N)C(=O)O)CC(F)F. The van der Waals surface area contributed by atoms with Crippen LogP contribution < -0.4 is 5.73 Å². The van der Waals surface area contributed by atoms with Crippen molar-refractivity contribution in [2.75, 3.05) is 20.1 Å². The van der Waals surface area contributed by atoms with E-state index in [9.17, 15) is 13.6 Å². The lowest BCUT2D eigenvalue weighted by molar-refractivity contribution is -0.142. The predicted octanol–water partition coefficient (Wildman–Crippen LogP) is 1.16. The van der Waals surface area contributed by atoms with Crippen LogP contribution in [0, 0.1) is 0 Å². The third kappa shape index (κ3) is 6.68. The summed E-state index contributed by atoms with van der Waals surface area (Å²) in [4.78, 5) is 12.2. The Labute approximate surface area is 94.4 Å². The third-order valence-corrected chi connectivity index (χ3v) is 2.42. The molecule has 3 N–H and O–H groups in total. The number of hydrogen-bond acceptors (Lipinski definition) is 3. The predicted molar refractivity (Wildman–Crippen MR) is 57.6 cm³/mol. The maximum Gasteiger partial charge on any atom is 0.323 e. The van der Waals surface area contributed by atoms with Gasteiger partial charge in [-0.15, -0.1) is 0 Å². The van der Waals surface area contributed by atoms with Crippen molar-refractivity contribution < 1.29 is 18.7 Å². The first kappa shape index (κ1) is 15.2. The molecule has 1 unspecified atom stereocenters. The number of carboxylic acids is 1. The maximum atomic E-state index is 12.0. The van der Waals surface area contributed by atoms with Crippen LogP contribution in [-0.2, 0) is 4.79 Å². The van der Waals surface area contributed by atoms with Gasteiger partial charge >= 0.3 is 5.97 Å². The highest BCUT2D eigenvalue weighted by molar-refractivity contribution is 5.77. The van der Waals surface area contributed by atoms with E-state index in [-0.39, 0.29) is 6.54 Å². The Morgan fingerprint density at radius 1 is 1.50 bits per heavy atom. The topological polar surface area (TPSA) is 66.6 Å². The molecule has 0 aromatic carbocycles. The smallest absolute Gasteiger partial charge is 0.323 e. The van der Waals surface area contributed by atoms with Gasteiger partial charge in [0, 0.05) is 0 Å². The second-order valence-corrected chi connectivity index (χ2v) is 4.33. The molecule has 0 aliphatic carbocycles. The highest BCUT2D eigenvalue weighted by Gasteiger charge is 2.26. The van der Waals surface area contributed by atoms with E-state index in [1.54, 1.807) is 7.05 Å². The van der Waals surface area contributed by atoms with Gasteiger partial charge in [0.25, 0.3) is 6.43 Å². The van der Waals surface area contributed by atoms with Crippen LogP contribution in [0.5, 0.6) is 0 Å². The Balaban J connectivity index is 3.64. The van der Waals surface area contributed by atoms with E-state index < -0.39 is 17.9 Å². The van der Waals surface area contributed by atoms with Crippen molar-refractivity contribution in [3.05, 3.63) is 0 Å². The zero-order chi connectivity index (χ0) is 12.8. The molecule has 0 spiro atoms. The summed E-state index contributed by atoms with van der Waals surface area (Å²) in [5.74, 6) is -1.03. The first-order valence-corrected chi connectivity index (χ1v) is 5.24. The van der Waals surface area contributed by atoms with Gasteiger partial charge in [-0.05, 0) is 39.8 Å². The van der Waals surface area contributed by atoms with Gasteiger partial charge < -0.3 is 15.7 Å². The van der Waals surface area contributed by atoms with Crippen molar-refractivity contribution in [2.45, 2.75) is 38.2 Å². The number of nitrogens with zero attached hydrogens (tertiary/aromatic N) is 1. The molecule has 0 aliphatic heterocycles. The Hall–Kier alpha value is -0.750. The summed E-state index contributed by atoms with van der Waals surface area (Å²) in [5, 5.41) is 8.73. The lowest BCUT2D eigenvalue weighted by Gasteiger charge is -2.20. The largest absolute Gasteiger partial charge is 0.480 e. The lowest BCUT2D eigenvalue weighted by atomic mass is 9.96. The normalized spacial score (nSPS) is 15.4. The Bertz CT molecular complexity index is 223. The second-order valence-electron chi connectivity index (χ2n) is 4.33. The number of aliphatic carboxylic acids is 1. The van der Waals surface area contributed by atoms with Crippen LogP contribution in [0.2, 0.25) is 0 Å². The number of carboxylic acid groups (broad SMARTS) is 1. The van der Waals surface area contributed by atoms with Crippen molar-refractivity contribution in [1.29, 1.82) is 0 Å². The van der Waals surface area contributed by atoms with Crippen molar-refractivity contribution >= 4 is 5.97 Å². The quantitative estimate of drug-likeness (QED) is 0.623. The van der Waals surface area contributed by atoms with Crippen LogP contribution in [0.3, 0.4) is 0 Å². The molecular formula is C10H20F2N2O2. The molecule has 0 heterocycles. The number of halogens is 2. The van der Waals surface area contributed by atoms with Crippen molar-refractivity contribution in [3.8, 4) is 0 Å². The molecule has 1 atom stereocenters. The number of hydrogen-bond donors (Lipinski definition) is 2. The maximum absolute atomic E-state index is 12.0. The fourth-order valence-corrected chi connectivity index (χ4v) is 1.31. The van der Waals surface area contributed by atoms with E-state index in [4.69, 9.17) is 10.8 Å². The Kier molecular flexibility index (Phi) is 6.43. The summed E-state index contributed by atoms with van der Waals surface area (Å²) < 4.78 is 23.9. The molecule has 0 saturated carbocycles. The molecule has 4 nitrogen and oxygen atoms in total. The highest BCUT2D eigenvalue weighted by Crippen LogP contribution is 2.11. The fraction of sp³-hybridized carbons (Fsp3) is 0.900. The van der Waals surface area contributed by atoms with Gasteiger partial charge in [0.15, 0.2) is 0 Å². The number of carbonyl (C=O) groups is 1. The molecule has 0 radical (unpaired) electrons. The summed E-state index contributed by atoms with van der Waals surface area (Å²) in [6.45, 7) is 1.73. The number of rotatable bonds is 8. The third-order valence-electron chi connectivity index (χ3n) is 2.42. The second kappa shape index (κ2) is 6.75. The van der Waals surface area contributed by atoms with E-state index in [0.717, 1.165) is 0 Å². The molecule has 16 heavy (non-hydrogen) atoms. The molecule has 0 aromatic heterocycles. The van der Waals surface area contributed by atoms with Crippen LogP contribution in [0.4, 0.5) is 8.78 Å². The lowest BCUT2D eigenvalue weighted by Crippen LogP contribution is -2.44. The highest BCUT2D eigenvalue weighted by atomic mass is 19.3. The van der Waals surface area contributed by atoms with Gasteiger partial charge in [-0.25, -0.2) is 8.78 Å². The summed E-state index contributed by atoms with van der Waals surface area (Å²) in [6.07, 6.45) is -0.690. The van der Waals surface area contributed by atoms with E-state index >= 15 is 0 Å².